The summed E-state index contributed by atoms with van der Waals surface area (Å²) in [6, 6.07) is 7.98. The molecule has 2 aromatic rings. The molecule has 0 bridgehead atoms. The van der Waals surface area contributed by atoms with E-state index in [1.807, 2.05) is 24.3 Å². The lowest BCUT2D eigenvalue weighted by Crippen LogP contribution is -2.30. The van der Waals surface area contributed by atoms with Gasteiger partial charge in [-0.05, 0) is 24.1 Å². The Morgan fingerprint density at radius 1 is 1.40 bits per heavy atom. The van der Waals surface area contributed by atoms with Crippen molar-refractivity contribution in [3.8, 4) is 0 Å². The van der Waals surface area contributed by atoms with E-state index in [-0.39, 0.29) is 5.92 Å². The van der Waals surface area contributed by atoms with Gasteiger partial charge in [-0.3, -0.25) is 0 Å². The van der Waals surface area contributed by atoms with E-state index in [2.05, 4.69) is 26.1 Å². The third kappa shape index (κ3) is 3.08. The van der Waals surface area contributed by atoms with Crippen molar-refractivity contribution in [3.63, 3.8) is 0 Å². The second-order valence-corrected chi connectivity index (χ2v) is 5.81. The predicted molar refractivity (Wildman–Crippen MR) is 75.4 cm³/mol. The first-order chi connectivity index (χ1) is 9.72. The number of halogens is 1. The Hall–Kier alpha value is -1.24. The maximum atomic E-state index is 9.94. The van der Waals surface area contributed by atoms with E-state index in [1.165, 1.54) is 0 Å². The maximum Gasteiger partial charge on any atom is 0.234 e. The third-order valence-electron chi connectivity index (χ3n) is 3.37. The van der Waals surface area contributed by atoms with Crippen LogP contribution in [0, 0.1) is 0 Å². The Balaban J connectivity index is 1.73. The molecule has 106 valence electrons. The number of aliphatic hydroxyl groups excluding tert-OH is 1. The Labute approximate surface area is 125 Å². The molecule has 2 heterocycles. The molecule has 1 aliphatic heterocycles. The molecule has 0 radical (unpaired) electrons. The molecule has 1 aliphatic rings. The molecule has 5 nitrogen and oxygen atoms in total. The van der Waals surface area contributed by atoms with Gasteiger partial charge < -0.3 is 14.4 Å². The summed E-state index contributed by atoms with van der Waals surface area (Å²) in [7, 11) is 0. The molecule has 3 rings (SSSR count). The zero-order valence-corrected chi connectivity index (χ0v) is 12.4. The van der Waals surface area contributed by atoms with Crippen LogP contribution in [0.4, 0.5) is 0 Å². The van der Waals surface area contributed by atoms with Gasteiger partial charge in [0.05, 0.1) is 18.6 Å². The van der Waals surface area contributed by atoms with Crippen LogP contribution in [0.3, 0.4) is 0 Å². The zero-order chi connectivity index (χ0) is 13.9. The molecule has 20 heavy (non-hydrogen) atoms. The molecule has 1 N–H and O–H groups in total. The normalized spacial score (nSPS) is 22.9. The summed E-state index contributed by atoms with van der Waals surface area (Å²) in [5, 5.41) is 13.9. The fraction of sp³-hybridized carbons (Fsp3) is 0.429. The van der Waals surface area contributed by atoms with Crippen LogP contribution in [0.1, 0.15) is 29.6 Å². The molecule has 0 aliphatic carbocycles. The van der Waals surface area contributed by atoms with Crippen molar-refractivity contribution in [2.24, 2.45) is 0 Å². The van der Waals surface area contributed by atoms with E-state index in [0.717, 1.165) is 10.0 Å². The molecule has 1 fully saturated rings. The van der Waals surface area contributed by atoms with Crippen molar-refractivity contribution in [1.82, 2.24) is 10.1 Å². The van der Waals surface area contributed by atoms with Gasteiger partial charge in [-0.15, -0.1) is 0 Å². The first-order valence-corrected chi connectivity index (χ1v) is 7.34. The van der Waals surface area contributed by atoms with Crippen LogP contribution in [0.2, 0.25) is 0 Å². The van der Waals surface area contributed by atoms with Gasteiger partial charge in [0.25, 0.3) is 0 Å². The van der Waals surface area contributed by atoms with Gasteiger partial charge in [0.2, 0.25) is 5.89 Å². The molecular formula is C14H15BrN2O3. The van der Waals surface area contributed by atoms with E-state index in [4.69, 9.17) is 9.26 Å². The molecule has 1 aromatic heterocycles. The molecule has 1 saturated heterocycles. The monoisotopic (exact) mass is 338 g/mol. The lowest BCUT2D eigenvalue weighted by molar-refractivity contribution is -0.0149. The minimum Gasteiger partial charge on any atom is -0.392 e. The van der Waals surface area contributed by atoms with E-state index in [9.17, 15) is 5.11 Å². The minimum atomic E-state index is -0.470. The molecule has 2 unspecified atom stereocenters. The summed E-state index contributed by atoms with van der Waals surface area (Å²) in [4.78, 5) is 4.38. The summed E-state index contributed by atoms with van der Waals surface area (Å²) in [5.74, 6) is 0.866. The van der Waals surface area contributed by atoms with Gasteiger partial charge in [-0.25, -0.2) is 0 Å². The summed E-state index contributed by atoms with van der Waals surface area (Å²) >= 11 is 3.44. The Kier molecular flexibility index (Phi) is 4.14. The van der Waals surface area contributed by atoms with Gasteiger partial charge in [0, 0.05) is 17.5 Å². The highest BCUT2D eigenvalue weighted by Crippen LogP contribution is 2.25. The fourth-order valence-corrected chi connectivity index (χ4v) is 2.73. The number of ether oxygens (including phenoxy) is 1. The predicted octanol–water partition coefficient (Wildman–Crippen LogP) is 2.29. The lowest BCUT2D eigenvalue weighted by Gasteiger charge is -2.24. The number of nitrogens with zero attached hydrogens (tertiary/aromatic N) is 2. The van der Waals surface area contributed by atoms with Crippen LogP contribution in [-0.4, -0.2) is 34.6 Å². The van der Waals surface area contributed by atoms with Crippen LogP contribution in [0.5, 0.6) is 0 Å². The third-order valence-corrected chi connectivity index (χ3v) is 3.87. The van der Waals surface area contributed by atoms with E-state index in [1.54, 1.807) is 0 Å². The number of rotatable bonds is 3. The number of hydrogen-bond acceptors (Lipinski definition) is 5. The standard InChI is InChI=1S/C14H15BrN2O3/c15-10-3-1-2-9(6-10)7-13-16-14(20-17-13)11-8-19-5-4-12(11)18/h1-3,6,11-12,18H,4-5,7-8H2. The zero-order valence-electron chi connectivity index (χ0n) is 10.8. The smallest absolute Gasteiger partial charge is 0.234 e. The van der Waals surface area contributed by atoms with Crippen LogP contribution in [-0.2, 0) is 11.2 Å². The Morgan fingerprint density at radius 2 is 2.30 bits per heavy atom. The van der Waals surface area contributed by atoms with Gasteiger partial charge in [-0.1, -0.05) is 33.2 Å². The highest BCUT2D eigenvalue weighted by Gasteiger charge is 2.30. The van der Waals surface area contributed by atoms with Crippen molar-refractivity contribution in [2.75, 3.05) is 13.2 Å². The quantitative estimate of drug-likeness (QED) is 0.929. The first-order valence-electron chi connectivity index (χ1n) is 6.55. The van der Waals surface area contributed by atoms with Gasteiger partial charge in [0.1, 0.15) is 0 Å². The summed E-state index contributed by atoms with van der Waals surface area (Å²) in [5.41, 5.74) is 1.10. The highest BCUT2D eigenvalue weighted by molar-refractivity contribution is 9.10. The largest absolute Gasteiger partial charge is 0.392 e. The average molecular weight is 339 g/mol. The van der Waals surface area contributed by atoms with Gasteiger partial charge in [-0.2, -0.15) is 4.98 Å². The number of benzene rings is 1. The Morgan fingerprint density at radius 3 is 3.10 bits per heavy atom. The fourth-order valence-electron chi connectivity index (χ4n) is 2.28. The van der Waals surface area contributed by atoms with Crippen molar-refractivity contribution in [1.29, 1.82) is 0 Å². The van der Waals surface area contributed by atoms with Crippen LogP contribution in [0.15, 0.2) is 33.3 Å². The first kappa shape index (κ1) is 13.7. The molecule has 0 spiro atoms. The second-order valence-electron chi connectivity index (χ2n) is 4.89. The van der Waals surface area contributed by atoms with Crippen LogP contribution < -0.4 is 0 Å². The maximum absolute atomic E-state index is 9.94. The molecular weight excluding hydrogens is 324 g/mol. The average Bonchev–Trinajstić information content (AvgIpc) is 2.87. The SMILES string of the molecule is OC1CCOCC1c1nc(Cc2cccc(Br)c2)no1. The molecule has 2 atom stereocenters. The van der Waals surface area contributed by atoms with Gasteiger partial charge >= 0.3 is 0 Å². The number of aromatic nitrogens is 2. The Bertz CT molecular complexity index is 587. The highest BCUT2D eigenvalue weighted by atomic mass is 79.9. The summed E-state index contributed by atoms with van der Waals surface area (Å²) in [6.45, 7) is 1.01. The van der Waals surface area contributed by atoms with Crippen molar-refractivity contribution in [2.45, 2.75) is 24.9 Å². The molecule has 0 saturated carbocycles. The topological polar surface area (TPSA) is 68.4 Å². The molecule has 0 amide bonds. The van der Waals surface area contributed by atoms with Crippen molar-refractivity contribution in [3.05, 3.63) is 46.0 Å². The molecule has 6 heteroatoms. The second kappa shape index (κ2) is 6.03. The lowest BCUT2D eigenvalue weighted by atomic mass is 9.99. The van der Waals surface area contributed by atoms with Crippen molar-refractivity contribution < 1.29 is 14.4 Å². The minimum absolute atomic E-state index is 0.215. The van der Waals surface area contributed by atoms with E-state index in [0.29, 0.717) is 37.8 Å². The van der Waals surface area contributed by atoms with Gasteiger partial charge in [0.15, 0.2) is 5.82 Å². The number of hydrogen-bond donors (Lipinski definition) is 1. The summed E-state index contributed by atoms with van der Waals surface area (Å²) in [6.07, 6.45) is 0.739. The number of aliphatic hydroxyl groups is 1. The van der Waals surface area contributed by atoms with Crippen LogP contribution in [0.25, 0.3) is 0 Å². The summed E-state index contributed by atoms with van der Waals surface area (Å²) < 4.78 is 11.6. The van der Waals surface area contributed by atoms with Crippen molar-refractivity contribution >= 4 is 15.9 Å². The molecule has 1 aromatic carbocycles. The van der Waals surface area contributed by atoms with E-state index >= 15 is 0 Å². The van der Waals surface area contributed by atoms with Crippen LogP contribution >= 0.6 is 15.9 Å². The van der Waals surface area contributed by atoms with E-state index < -0.39 is 6.10 Å².